The Morgan fingerprint density at radius 1 is 1.12 bits per heavy atom. The van der Waals surface area contributed by atoms with Crippen molar-refractivity contribution in [3.8, 4) is 17.4 Å². The van der Waals surface area contributed by atoms with Crippen LogP contribution in [0.4, 0.5) is 0 Å². The SMILES string of the molecule is COc1cc(C)ccc1COc1ccnn1-c1cc(C(O)O)ccn1. The first-order valence-corrected chi connectivity index (χ1v) is 7.71. The average molecular weight is 341 g/mol. The highest BCUT2D eigenvalue weighted by molar-refractivity contribution is 5.37. The molecule has 0 spiro atoms. The van der Waals surface area contributed by atoms with Crippen molar-refractivity contribution in [3.05, 3.63) is 65.5 Å². The summed E-state index contributed by atoms with van der Waals surface area (Å²) in [6.07, 6.45) is 1.50. The third-order valence-corrected chi connectivity index (χ3v) is 3.71. The van der Waals surface area contributed by atoms with E-state index in [1.54, 1.807) is 19.4 Å². The van der Waals surface area contributed by atoms with Crippen LogP contribution in [-0.2, 0) is 6.61 Å². The van der Waals surface area contributed by atoms with Crippen LogP contribution >= 0.6 is 0 Å². The third-order valence-electron chi connectivity index (χ3n) is 3.71. The second-order valence-corrected chi connectivity index (χ2v) is 5.51. The molecule has 0 radical (unpaired) electrons. The van der Waals surface area contributed by atoms with Crippen molar-refractivity contribution in [1.29, 1.82) is 0 Å². The van der Waals surface area contributed by atoms with Crippen LogP contribution < -0.4 is 9.47 Å². The van der Waals surface area contributed by atoms with E-state index in [1.807, 2.05) is 25.1 Å². The molecule has 0 aliphatic carbocycles. The molecule has 7 nitrogen and oxygen atoms in total. The summed E-state index contributed by atoms with van der Waals surface area (Å²) in [5, 5.41) is 22.8. The molecular weight excluding hydrogens is 322 g/mol. The van der Waals surface area contributed by atoms with Crippen LogP contribution in [0.3, 0.4) is 0 Å². The van der Waals surface area contributed by atoms with Crippen molar-refractivity contribution in [1.82, 2.24) is 14.8 Å². The minimum absolute atomic E-state index is 0.303. The molecule has 0 aliphatic heterocycles. The number of aliphatic hydroxyl groups is 2. The van der Waals surface area contributed by atoms with Crippen molar-refractivity contribution in [2.24, 2.45) is 0 Å². The van der Waals surface area contributed by atoms with Crippen molar-refractivity contribution in [3.63, 3.8) is 0 Å². The van der Waals surface area contributed by atoms with Crippen molar-refractivity contribution < 1.29 is 19.7 Å². The number of hydrogen-bond donors (Lipinski definition) is 2. The molecule has 7 heteroatoms. The van der Waals surface area contributed by atoms with E-state index in [0.717, 1.165) is 16.9 Å². The second-order valence-electron chi connectivity index (χ2n) is 5.51. The van der Waals surface area contributed by atoms with Gasteiger partial charge < -0.3 is 19.7 Å². The fourth-order valence-electron chi connectivity index (χ4n) is 2.41. The molecule has 0 bridgehead atoms. The highest BCUT2D eigenvalue weighted by Gasteiger charge is 2.12. The van der Waals surface area contributed by atoms with Crippen molar-refractivity contribution in [2.45, 2.75) is 19.8 Å². The zero-order chi connectivity index (χ0) is 17.8. The average Bonchev–Trinajstić information content (AvgIpc) is 3.09. The maximum absolute atomic E-state index is 9.30. The van der Waals surface area contributed by atoms with Crippen LogP contribution in [0.15, 0.2) is 48.8 Å². The summed E-state index contributed by atoms with van der Waals surface area (Å²) in [5.74, 6) is 1.68. The molecule has 0 aliphatic rings. The van der Waals surface area contributed by atoms with Crippen LogP contribution in [0.25, 0.3) is 5.82 Å². The minimum atomic E-state index is -1.57. The van der Waals surface area contributed by atoms with E-state index in [1.165, 1.54) is 23.0 Å². The van der Waals surface area contributed by atoms with E-state index in [2.05, 4.69) is 10.1 Å². The Bertz CT molecular complexity index is 861. The largest absolute Gasteiger partial charge is 0.496 e. The number of ether oxygens (including phenoxy) is 2. The number of hydrogen-bond acceptors (Lipinski definition) is 6. The Hall–Kier alpha value is -2.90. The summed E-state index contributed by atoms with van der Waals surface area (Å²) >= 11 is 0. The summed E-state index contributed by atoms with van der Waals surface area (Å²) < 4.78 is 12.7. The Labute approximate surface area is 145 Å². The number of aromatic nitrogens is 3. The number of methoxy groups -OCH3 is 1. The maximum atomic E-state index is 9.30. The molecule has 3 rings (SSSR count). The third kappa shape index (κ3) is 3.78. The van der Waals surface area contributed by atoms with Gasteiger partial charge in [0.1, 0.15) is 12.4 Å². The number of aliphatic hydroxyl groups excluding tert-OH is 1. The van der Waals surface area contributed by atoms with Gasteiger partial charge in [-0.25, -0.2) is 4.98 Å². The zero-order valence-electron chi connectivity index (χ0n) is 14.0. The second kappa shape index (κ2) is 7.33. The summed E-state index contributed by atoms with van der Waals surface area (Å²) in [5.41, 5.74) is 2.34. The molecule has 0 saturated heterocycles. The standard InChI is InChI=1S/C18H19N3O4/c1-12-3-4-14(15(9-12)24-2)11-25-17-6-8-20-21(17)16-10-13(18(22)23)5-7-19-16/h3-10,18,22-23H,11H2,1-2H3. The lowest BCUT2D eigenvalue weighted by Crippen LogP contribution is -2.07. The highest BCUT2D eigenvalue weighted by Crippen LogP contribution is 2.23. The number of rotatable bonds is 6. The molecule has 130 valence electrons. The molecule has 0 atom stereocenters. The lowest BCUT2D eigenvalue weighted by atomic mass is 10.1. The predicted octanol–water partition coefficient (Wildman–Crippen LogP) is 2.15. The monoisotopic (exact) mass is 341 g/mol. The molecule has 2 heterocycles. The normalized spacial score (nSPS) is 10.9. The quantitative estimate of drug-likeness (QED) is 0.668. The zero-order valence-corrected chi connectivity index (χ0v) is 14.0. The maximum Gasteiger partial charge on any atom is 0.218 e. The van der Waals surface area contributed by atoms with Gasteiger partial charge in [0.05, 0.1) is 13.3 Å². The van der Waals surface area contributed by atoms with Gasteiger partial charge in [-0.05, 0) is 30.7 Å². The molecule has 0 amide bonds. The smallest absolute Gasteiger partial charge is 0.218 e. The fraction of sp³-hybridized carbons (Fsp3) is 0.222. The molecule has 3 aromatic rings. The van der Waals surface area contributed by atoms with Crippen LogP contribution in [0.2, 0.25) is 0 Å². The first-order chi connectivity index (χ1) is 12.1. The highest BCUT2D eigenvalue weighted by atomic mass is 16.5. The van der Waals surface area contributed by atoms with Gasteiger partial charge in [0.15, 0.2) is 12.1 Å². The van der Waals surface area contributed by atoms with Crippen molar-refractivity contribution in [2.75, 3.05) is 7.11 Å². The predicted molar refractivity (Wildman–Crippen MR) is 90.6 cm³/mol. The van der Waals surface area contributed by atoms with Crippen LogP contribution in [-0.4, -0.2) is 32.1 Å². The molecule has 25 heavy (non-hydrogen) atoms. The Morgan fingerprint density at radius 3 is 2.72 bits per heavy atom. The number of nitrogens with zero attached hydrogens (tertiary/aromatic N) is 3. The van der Waals surface area contributed by atoms with Crippen LogP contribution in [0.5, 0.6) is 11.6 Å². The number of aryl methyl sites for hydroxylation is 1. The van der Waals surface area contributed by atoms with E-state index in [0.29, 0.717) is 23.9 Å². The molecule has 0 fully saturated rings. The van der Waals surface area contributed by atoms with Gasteiger partial charge in [-0.15, -0.1) is 0 Å². The van der Waals surface area contributed by atoms with Gasteiger partial charge in [0.25, 0.3) is 0 Å². The molecule has 2 N–H and O–H groups in total. The van der Waals surface area contributed by atoms with E-state index in [9.17, 15) is 10.2 Å². The van der Waals surface area contributed by atoms with Gasteiger partial charge in [0, 0.05) is 23.4 Å². The molecule has 1 aromatic carbocycles. The van der Waals surface area contributed by atoms with Gasteiger partial charge in [0.2, 0.25) is 5.88 Å². The lowest BCUT2D eigenvalue weighted by molar-refractivity contribution is -0.0425. The summed E-state index contributed by atoms with van der Waals surface area (Å²) in [6.45, 7) is 2.30. The van der Waals surface area contributed by atoms with E-state index >= 15 is 0 Å². The Balaban J connectivity index is 1.82. The van der Waals surface area contributed by atoms with E-state index in [4.69, 9.17) is 9.47 Å². The van der Waals surface area contributed by atoms with Crippen LogP contribution in [0, 0.1) is 6.92 Å². The van der Waals surface area contributed by atoms with Gasteiger partial charge in [-0.2, -0.15) is 9.78 Å². The number of pyridine rings is 1. The van der Waals surface area contributed by atoms with E-state index in [-0.39, 0.29) is 0 Å². The van der Waals surface area contributed by atoms with Gasteiger partial charge in [-0.3, -0.25) is 0 Å². The molecule has 2 aromatic heterocycles. The summed E-state index contributed by atoms with van der Waals surface area (Å²) in [7, 11) is 1.62. The van der Waals surface area contributed by atoms with Crippen molar-refractivity contribution >= 4 is 0 Å². The fourth-order valence-corrected chi connectivity index (χ4v) is 2.41. The summed E-state index contributed by atoms with van der Waals surface area (Å²) in [4.78, 5) is 4.20. The molecule has 0 saturated carbocycles. The minimum Gasteiger partial charge on any atom is -0.496 e. The van der Waals surface area contributed by atoms with Gasteiger partial charge >= 0.3 is 0 Å². The Morgan fingerprint density at radius 2 is 1.96 bits per heavy atom. The van der Waals surface area contributed by atoms with Gasteiger partial charge in [-0.1, -0.05) is 12.1 Å². The van der Waals surface area contributed by atoms with Crippen LogP contribution in [0.1, 0.15) is 23.0 Å². The molecular formula is C18H19N3O4. The lowest BCUT2D eigenvalue weighted by Gasteiger charge is -2.12. The topological polar surface area (TPSA) is 89.6 Å². The first-order valence-electron chi connectivity index (χ1n) is 7.71. The Kier molecular flexibility index (Phi) is 4.97. The van der Waals surface area contributed by atoms with E-state index < -0.39 is 6.29 Å². The number of benzene rings is 1. The molecule has 0 unspecified atom stereocenters. The summed E-state index contributed by atoms with van der Waals surface area (Å²) in [6, 6.07) is 10.7. The first kappa shape index (κ1) is 16.9.